The fourth-order valence-corrected chi connectivity index (χ4v) is 3.93. The summed E-state index contributed by atoms with van der Waals surface area (Å²) in [6.45, 7) is 0. The van der Waals surface area contributed by atoms with E-state index in [9.17, 15) is 9.90 Å². The van der Waals surface area contributed by atoms with Crippen LogP contribution >= 0.6 is 21.6 Å². The lowest BCUT2D eigenvalue weighted by Crippen LogP contribution is -2.43. The van der Waals surface area contributed by atoms with Gasteiger partial charge in [0.05, 0.1) is 10.7 Å². The Hall–Kier alpha value is 0.170. The molecule has 0 bridgehead atoms. The van der Waals surface area contributed by atoms with Crippen molar-refractivity contribution in [1.82, 2.24) is 0 Å². The van der Waals surface area contributed by atoms with E-state index in [0.717, 1.165) is 25.7 Å². The summed E-state index contributed by atoms with van der Waals surface area (Å²) in [5.74, 6) is -0.880. The van der Waals surface area contributed by atoms with Gasteiger partial charge in [-0.2, -0.15) is 0 Å². The van der Waals surface area contributed by atoms with Gasteiger partial charge < -0.3 is 9.90 Å². The van der Waals surface area contributed by atoms with Gasteiger partial charge in [0.2, 0.25) is 0 Å². The molecule has 0 spiro atoms. The van der Waals surface area contributed by atoms with Gasteiger partial charge in [0.15, 0.2) is 0 Å². The van der Waals surface area contributed by atoms with Crippen molar-refractivity contribution < 1.29 is 9.90 Å². The third-order valence-electron chi connectivity index (χ3n) is 2.03. The minimum Gasteiger partial charge on any atom is -0.549 e. The molecule has 1 aliphatic rings. The van der Waals surface area contributed by atoms with Gasteiger partial charge >= 0.3 is 0 Å². The van der Waals surface area contributed by atoms with Crippen molar-refractivity contribution in [2.75, 3.05) is 6.26 Å². The standard InChI is InChI=1S/C7H12O2S2/c1-10-11-7(6(8)9)4-2-3-5-7/h2-5H2,1H3,(H,8,9)/p-1. The van der Waals surface area contributed by atoms with Gasteiger partial charge in [-0.05, 0) is 19.1 Å². The third kappa shape index (κ3) is 1.85. The molecule has 0 unspecified atom stereocenters. The molecule has 0 radical (unpaired) electrons. The number of carboxylic acid groups (broad SMARTS) is 1. The summed E-state index contributed by atoms with van der Waals surface area (Å²) in [5, 5.41) is 10.8. The van der Waals surface area contributed by atoms with Crippen LogP contribution in [-0.4, -0.2) is 17.0 Å². The van der Waals surface area contributed by atoms with Gasteiger partial charge in [0, 0.05) is 0 Å². The van der Waals surface area contributed by atoms with Gasteiger partial charge in [-0.1, -0.05) is 34.4 Å². The maximum atomic E-state index is 10.8. The van der Waals surface area contributed by atoms with Gasteiger partial charge in [-0.15, -0.1) is 0 Å². The molecule has 0 N–H and O–H groups in total. The Bertz CT molecular complexity index is 153. The zero-order valence-electron chi connectivity index (χ0n) is 6.46. The summed E-state index contributed by atoms with van der Waals surface area (Å²) in [5.41, 5.74) is 0. The molecule has 0 saturated heterocycles. The summed E-state index contributed by atoms with van der Waals surface area (Å²) in [4.78, 5) is 10.8. The minimum atomic E-state index is -0.880. The first kappa shape index (κ1) is 9.26. The molecule has 64 valence electrons. The molecule has 1 saturated carbocycles. The summed E-state index contributed by atoms with van der Waals surface area (Å²) in [6, 6.07) is 0. The van der Waals surface area contributed by atoms with Crippen LogP contribution in [0.25, 0.3) is 0 Å². The second-order valence-corrected chi connectivity index (χ2v) is 5.52. The van der Waals surface area contributed by atoms with Crippen molar-refractivity contribution in [2.24, 2.45) is 0 Å². The SMILES string of the molecule is CSSC1(C(=O)[O-])CCCC1. The zero-order valence-corrected chi connectivity index (χ0v) is 8.09. The van der Waals surface area contributed by atoms with E-state index in [1.165, 1.54) is 21.6 Å². The predicted molar refractivity (Wildman–Crippen MR) is 47.3 cm³/mol. The molecule has 0 atom stereocenters. The molecule has 11 heavy (non-hydrogen) atoms. The van der Waals surface area contributed by atoms with E-state index in [0.29, 0.717) is 0 Å². The number of aliphatic carboxylic acids is 1. The van der Waals surface area contributed by atoms with Crippen molar-refractivity contribution in [3.63, 3.8) is 0 Å². The van der Waals surface area contributed by atoms with E-state index in [4.69, 9.17) is 0 Å². The van der Waals surface area contributed by atoms with Crippen LogP contribution < -0.4 is 5.11 Å². The van der Waals surface area contributed by atoms with Crippen LogP contribution in [0.1, 0.15) is 25.7 Å². The van der Waals surface area contributed by atoms with Gasteiger partial charge in [-0.25, -0.2) is 0 Å². The van der Waals surface area contributed by atoms with E-state index >= 15 is 0 Å². The molecular formula is C7H11O2S2-. The van der Waals surface area contributed by atoms with Crippen LogP contribution in [0.3, 0.4) is 0 Å². The second-order valence-electron chi connectivity index (χ2n) is 2.74. The second kappa shape index (κ2) is 3.72. The van der Waals surface area contributed by atoms with Crippen molar-refractivity contribution in [3.8, 4) is 0 Å². The van der Waals surface area contributed by atoms with Gasteiger partial charge in [0.1, 0.15) is 0 Å². The molecule has 0 aliphatic heterocycles. The fraction of sp³-hybridized carbons (Fsp3) is 0.857. The van der Waals surface area contributed by atoms with Crippen molar-refractivity contribution in [2.45, 2.75) is 30.4 Å². The number of hydrogen-bond donors (Lipinski definition) is 0. The normalized spacial score (nSPS) is 21.9. The van der Waals surface area contributed by atoms with E-state index in [1.54, 1.807) is 0 Å². The van der Waals surface area contributed by atoms with Crippen molar-refractivity contribution in [3.05, 3.63) is 0 Å². The maximum absolute atomic E-state index is 10.8. The van der Waals surface area contributed by atoms with E-state index in [2.05, 4.69) is 0 Å². The fourth-order valence-electron chi connectivity index (χ4n) is 1.43. The first-order chi connectivity index (χ1) is 5.21. The number of carbonyl (C=O) groups is 1. The number of rotatable bonds is 3. The molecule has 1 fully saturated rings. The smallest absolute Gasteiger partial charge is 0.0656 e. The van der Waals surface area contributed by atoms with Gasteiger partial charge in [-0.3, -0.25) is 0 Å². The molecule has 1 rings (SSSR count). The molecule has 0 aromatic rings. The van der Waals surface area contributed by atoms with E-state index in [1.807, 2.05) is 6.26 Å². The largest absolute Gasteiger partial charge is 0.549 e. The van der Waals surface area contributed by atoms with Crippen LogP contribution in [-0.2, 0) is 4.79 Å². The Morgan fingerprint density at radius 1 is 1.45 bits per heavy atom. The molecular weight excluding hydrogens is 180 g/mol. The lowest BCUT2D eigenvalue weighted by molar-refractivity contribution is -0.308. The molecule has 0 aromatic heterocycles. The zero-order chi connectivity index (χ0) is 8.32. The molecule has 0 aromatic carbocycles. The summed E-state index contributed by atoms with van der Waals surface area (Å²) < 4.78 is -0.570. The summed E-state index contributed by atoms with van der Waals surface area (Å²) >= 11 is 0. The van der Waals surface area contributed by atoms with Crippen LogP contribution in [0.15, 0.2) is 0 Å². The number of carbonyl (C=O) groups excluding carboxylic acids is 1. The number of carboxylic acids is 1. The Kier molecular flexibility index (Phi) is 3.13. The van der Waals surface area contributed by atoms with Crippen LogP contribution in [0.4, 0.5) is 0 Å². The first-order valence-corrected chi connectivity index (χ1v) is 6.20. The predicted octanol–water partition coefficient (Wildman–Crippen LogP) is 1.06. The average Bonchev–Trinajstić information content (AvgIpc) is 2.38. The molecule has 2 nitrogen and oxygen atoms in total. The Morgan fingerprint density at radius 2 is 2.00 bits per heavy atom. The lowest BCUT2D eigenvalue weighted by Gasteiger charge is -2.27. The molecule has 4 heteroatoms. The van der Waals surface area contributed by atoms with Crippen LogP contribution in [0.2, 0.25) is 0 Å². The lowest BCUT2D eigenvalue weighted by atomic mass is 10.1. The van der Waals surface area contributed by atoms with Crippen molar-refractivity contribution >= 4 is 27.6 Å². The van der Waals surface area contributed by atoms with Crippen LogP contribution in [0.5, 0.6) is 0 Å². The highest BCUT2D eigenvalue weighted by Crippen LogP contribution is 2.45. The monoisotopic (exact) mass is 191 g/mol. The molecule has 0 heterocycles. The minimum absolute atomic E-state index is 0.570. The topological polar surface area (TPSA) is 40.1 Å². The van der Waals surface area contributed by atoms with Gasteiger partial charge in [0.25, 0.3) is 0 Å². The average molecular weight is 191 g/mol. The molecule has 1 aliphatic carbocycles. The summed E-state index contributed by atoms with van der Waals surface area (Å²) in [6.07, 6.45) is 5.53. The van der Waals surface area contributed by atoms with Crippen molar-refractivity contribution in [1.29, 1.82) is 0 Å². The molecule has 0 amide bonds. The highest BCUT2D eigenvalue weighted by Gasteiger charge is 2.35. The Balaban J connectivity index is 2.62. The first-order valence-electron chi connectivity index (χ1n) is 3.64. The highest BCUT2D eigenvalue weighted by molar-refractivity contribution is 8.77. The highest BCUT2D eigenvalue weighted by atomic mass is 33.1. The summed E-state index contributed by atoms with van der Waals surface area (Å²) in [7, 11) is 2.97. The number of hydrogen-bond acceptors (Lipinski definition) is 4. The maximum Gasteiger partial charge on any atom is 0.0656 e. The van der Waals surface area contributed by atoms with E-state index < -0.39 is 10.7 Å². The van der Waals surface area contributed by atoms with E-state index in [-0.39, 0.29) is 0 Å². The van der Waals surface area contributed by atoms with Crippen LogP contribution in [0, 0.1) is 0 Å². The quantitative estimate of drug-likeness (QED) is 0.625. The Morgan fingerprint density at radius 3 is 2.36 bits per heavy atom. The Labute approximate surface area is 74.5 Å². The third-order valence-corrected chi connectivity index (χ3v) is 4.54.